The highest BCUT2D eigenvalue weighted by atomic mass is 35.5. The lowest BCUT2D eigenvalue weighted by Gasteiger charge is -2.26. The lowest BCUT2D eigenvalue weighted by molar-refractivity contribution is -0.128. The Balaban J connectivity index is 2.47. The second kappa shape index (κ2) is 7.16. The molecule has 0 spiro atoms. The van der Waals surface area contributed by atoms with Gasteiger partial charge in [-0.05, 0) is 40.0 Å². The van der Waals surface area contributed by atoms with E-state index in [0.717, 1.165) is 6.42 Å². The van der Waals surface area contributed by atoms with Crippen LogP contribution >= 0.6 is 11.6 Å². The van der Waals surface area contributed by atoms with E-state index < -0.39 is 5.60 Å². The van der Waals surface area contributed by atoms with Gasteiger partial charge in [0.15, 0.2) is 0 Å². The lowest BCUT2D eigenvalue weighted by Crippen LogP contribution is -2.38. The summed E-state index contributed by atoms with van der Waals surface area (Å²) in [4.78, 5) is 27.0. The summed E-state index contributed by atoms with van der Waals surface area (Å²) in [7, 11) is 0. The van der Waals surface area contributed by atoms with E-state index in [1.54, 1.807) is 9.80 Å². The first-order valence-corrected chi connectivity index (χ1v) is 7.62. The van der Waals surface area contributed by atoms with Crippen molar-refractivity contribution in [2.45, 2.75) is 39.7 Å². The zero-order chi connectivity index (χ0) is 15.3. The minimum Gasteiger partial charge on any atom is -0.444 e. The first kappa shape index (κ1) is 17.1. The fraction of sp³-hybridized carbons (Fsp3) is 0.857. The summed E-state index contributed by atoms with van der Waals surface area (Å²) >= 11 is 5.59. The molecule has 1 aliphatic heterocycles. The van der Waals surface area contributed by atoms with Crippen LogP contribution < -0.4 is 0 Å². The average molecular weight is 305 g/mol. The van der Waals surface area contributed by atoms with E-state index in [1.165, 1.54) is 0 Å². The quantitative estimate of drug-likeness (QED) is 0.749. The third-order valence-corrected chi connectivity index (χ3v) is 3.49. The van der Waals surface area contributed by atoms with Crippen molar-refractivity contribution in [1.82, 2.24) is 9.80 Å². The van der Waals surface area contributed by atoms with Gasteiger partial charge in [-0.3, -0.25) is 4.79 Å². The maximum atomic E-state index is 12.0. The molecule has 1 fully saturated rings. The molecule has 0 aromatic carbocycles. The van der Waals surface area contributed by atoms with Crippen LogP contribution in [-0.2, 0) is 9.53 Å². The number of hydrogen-bond acceptors (Lipinski definition) is 3. The number of hydrogen-bond donors (Lipinski definition) is 0. The molecule has 2 amide bonds. The molecule has 0 bridgehead atoms. The van der Waals surface area contributed by atoms with Crippen LogP contribution in [0.4, 0.5) is 4.79 Å². The van der Waals surface area contributed by atoms with Crippen LogP contribution in [-0.4, -0.2) is 59.5 Å². The smallest absolute Gasteiger partial charge is 0.410 e. The molecule has 1 unspecified atom stereocenters. The highest BCUT2D eigenvalue weighted by molar-refractivity contribution is 6.27. The minimum absolute atomic E-state index is 0.0103. The Morgan fingerprint density at radius 1 is 1.40 bits per heavy atom. The molecule has 20 heavy (non-hydrogen) atoms. The molecule has 116 valence electrons. The van der Waals surface area contributed by atoms with Crippen molar-refractivity contribution < 1.29 is 14.3 Å². The maximum absolute atomic E-state index is 12.0. The number of halogens is 1. The van der Waals surface area contributed by atoms with Gasteiger partial charge in [0.25, 0.3) is 0 Å². The first-order valence-electron chi connectivity index (χ1n) is 7.08. The topological polar surface area (TPSA) is 49.9 Å². The van der Waals surface area contributed by atoms with E-state index in [-0.39, 0.29) is 17.9 Å². The maximum Gasteiger partial charge on any atom is 0.410 e. The zero-order valence-corrected chi connectivity index (χ0v) is 13.6. The van der Waals surface area contributed by atoms with Crippen molar-refractivity contribution in [1.29, 1.82) is 0 Å². The molecule has 5 nitrogen and oxygen atoms in total. The van der Waals surface area contributed by atoms with E-state index in [1.807, 2.05) is 27.7 Å². The lowest BCUT2D eigenvalue weighted by atomic mass is 10.1. The van der Waals surface area contributed by atoms with Crippen LogP contribution in [0.2, 0.25) is 0 Å². The number of nitrogens with zero attached hydrogens (tertiary/aromatic N) is 2. The first-order chi connectivity index (χ1) is 9.26. The summed E-state index contributed by atoms with van der Waals surface area (Å²) < 4.78 is 5.36. The Morgan fingerprint density at radius 3 is 2.55 bits per heavy atom. The molecule has 0 saturated carbocycles. The number of likely N-dealkylation sites (tertiary alicyclic amines) is 1. The molecule has 1 rings (SSSR count). The second-order valence-electron chi connectivity index (χ2n) is 6.15. The van der Waals surface area contributed by atoms with E-state index in [0.29, 0.717) is 32.1 Å². The van der Waals surface area contributed by atoms with Crippen molar-refractivity contribution >= 4 is 23.6 Å². The SMILES string of the molecule is CCN(CC1CCN(C(=O)OC(C)(C)C)C1)C(=O)CCl. The molecule has 1 atom stereocenters. The highest BCUT2D eigenvalue weighted by Crippen LogP contribution is 2.20. The Kier molecular flexibility index (Phi) is 6.11. The van der Waals surface area contributed by atoms with E-state index in [4.69, 9.17) is 16.3 Å². The van der Waals surface area contributed by atoms with Gasteiger partial charge >= 0.3 is 6.09 Å². The van der Waals surface area contributed by atoms with E-state index in [9.17, 15) is 9.59 Å². The molecule has 6 heteroatoms. The number of ether oxygens (including phenoxy) is 1. The summed E-state index contributed by atoms with van der Waals surface area (Å²) in [6, 6.07) is 0. The number of alkyl halides is 1. The Labute approximate surface area is 126 Å². The molecule has 1 saturated heterocycles. The molecule has 0 N–H and O–H groups in total. The third kappa shape index (κ3) is 5.19. The fourth-order valence-electron chi connectivity index (χ4n) is 2.28. The van der Waals surface area contributed by atoms with Gasteiger partial charge in [-0.25, -0.2) is 4.79 Å². The van der Waals surface area contributed by atoms with E-state index in [2.05, 4.69) is 0 Å². The molecule has 0 aliphatic carbocycles. The normalized spacial score (nSPS) is 19.1. The van der Waals surface area contributed by atoms with Gasteiger partial charge in [-0.1, -0.05) is 0 Å². The summed E-state index contributed by atoms with van der Waals surface area (Å²) in [5.74, 6) is 0.260. The van der Waals surface area contributed by atoms with Crippen molar-refractivity contribution in [3.05, 3.63) is 0 Å². The second-order valence-corrected chi connectivity index (χ2v) is 6.41. The predicted octanol–water partition coefficient (Wildman–Crippen LogP) is 2.33. The highest BCUT2D eigenvalue weighted by Gasteiger charge is 2.31. The molecular formula is C14H25ClN2O3. The van der Waals surface area contributed by atoms with Gasteiger partial charge < -0.3 is 14.5 Å². The Morgan fingerprint density at radius 2 is 2.05 bits per heavy atom. The van der Waals surface area contributed by atoms with Crippen LogP contribution in [0.5, 0.6) is 0 Å². The molecule has 1 aliphatic rings. The molecule has 0 aromatic heterocycles. The van der Waals surface area contributed by atoms with Crippen molar-refractivity contribution in [3.63, 3.8) is 0 Å². The number of rotatable bonds is 4. The number of carbonyl (C=O) groups is 2. The van der Waals surface area contributed by atoms with E-state index >= 15 is 0 Å². The van der Waals surface area contributed by atoms with Crippen LogP contribution in [0.3, 0.4) is 0 Å². The van der Waals surface area contributed by atoms with Crippen LogP contribution in [0.1, 0.15) is 34.1 Å². The summed E-state index contributed by atoms with van der Waals surface area (Å²) in [6.45, 7) is 10.1. The number of amides is 2. The van der Waals surface area contributed by atoms with Crippen molar-refractivity contribution in [3.8, 4) is 0 Å². The minimum atomic E-state index is -0.473. The van der Waals surface area contributed by atoms with Gasteiger partial charge in [0.05, 0.1) is 0 Å². The van der Waals surface area contributed by atoms with Gasteiger partial charge in [-0.15, -0.1) is 11.6 Å². The van der Waals surface area contributed by atoms with Crippen LogP contribution in [0.25, 0.3) is 0 Å². The predicted molar refractivity (Wildman–Crippen MR) is 78.9 cm³/mol. The third-order valence-electron chi connectivity index (χ3n) is 3.26. The standard InChI is InChI=1S/C14H25ClN2O3/c1-5-16(12(18)8-15)9-11-6-7-17(10-11)13(19)20-14(2,3)4/h11H,5-10H2,1-4H3. The van der Waals surface area contributed by atoms with Crippen molar-refractivity contribution in [2.24, 2.45) is 5.92 Å². The van der Waals surface area contributed by atoms with Gasteiger partial charge in [-0.2, -0.15) is 0 Å². The van der Waals surface area contributed by atoms with Gasteiger partial charge in [0.2, 0.25) is 5.91 Å². The molecule has 0 radical (unpaired) electrons. The summed E-state index contributed by atoms with van der Waals surface area (Å²) in [6.07, 6.45) is 0.623. The average Bonchev–Trinajstić information content (AvgIpc) is 2.81. The van der Waals surface area contributed by atoms with Crippen LogP contribution in [0.15, 0.2) is 0 Å². The van der Waals surface area contributed by atoms with Gasteiger partial charge in [0, 0.05) is 26.2 Å². The Bertz CT molecular complexity index is 355. The molecule has 1 heterocycles. The molecular weight excluding hydrogens is 280 g/mol. The summed E-state index contributed by atoms with van der Waals surface area (Å²) in [5, 5.41) is 0. The fourth-order valence-corrected chi connectivity index (χ4v) is 2.45. The van der Waals surface area contributed by atoms with Gasteiger partial charge in [0.1, 0.15) is 11.5 Å². The largest absolute Gasteiger partial charge is 0.444 e. The summed E-state index contributed by atoms with van der Waals surface area (Å²) in [5.41, 5.74) is -0.473. The van der Waals surface area contributed by atoms with Crippen LogP contribution in [0, 0.1) is 5.92 Å². The molecule has 0 aromatic rings. The monoisotopic (exact) mass is 304 g/mol. The van der Waals surface area contributed by atoms with Crippen molar-refractivity contribution in [2.75, 3.05) is 32.1 Å². The Hall–Kier alpha value is -0.970. The zero-order valence-electron chi connectivity index (χ0n) is 12.8. The number of carbonyl (C=O) groups excluding carboxylic acids is 2.